The van der Waals surface area contributed by atoms with Gasteiger partial charge in [0.25, 0.3) is 0 Å². The number of hydrogen-bond acceptors (Lipinski definition) is 5. The summed E-state index contributed by atoms with van der Waals surface area (Å²) in [7, 11) is 0. The van der Waals surface area contributed by atoms with Crippen LogP contribution in [0, 0.1) is 11.8 Å². The van der Waals surface area contributed by atoms with Crippen molar-refractivity contribution in [2.24, 2.45) is 11.8 Å². The lowest BCUT2D eigenvalue weighted by Gasteiger charge is -2.24. The van der Waals surface area contributed by atoms with Gasteiger partial charge in [0.15, 0.2) is 0 Å². The van der Waals surface area contributed by atoms with Gasteiger partial charge < -0.3 is 10.1 Å². The van der Waals surface area contributed by atoms with Gasteiger partial charge in [0.05, 0.1) is 11.1 Å². The SMILES string of the molecule is c1ccc(OC2CC3CCC2C3)c(Nc2ncnc3sccc23)c1. The van der Waals surface area contributed by atoms with Crippen LogP contribution in [0.25, 0.3) is 10.2 Å². The molecule has 2 aliphatic carbocycles. The summed E-state index contributed by atoms with van der Waals surface area (Å²) < 4.78 is 6.40. The Morgan fingerprint density at radius 1 is 1.08 bits per heavy atom. The van der Waals surface area contributed by atoms with Gasteiger partial charge in [-0.05, 0) is 61.1 Å². The van der Waals surface area contributed by atoms with Crippen molar-refractivity contribution in [3.05, 3.63) is 42.0 Å². The van der Waals surface area contributed by atoms with Crippen LogP contribution >= 0.6 is 11.3 Å². The van der Waals surface area contributed by atoms with Gasteiger partial charge in [0.1, 0.15) is 28.8 Å². The molecule has 0 aliphatic heterocycles. The topological polar surface area (TPSA) is 47.0 Å². The van der Waals surface area contributed by atoms with E-state index in [0.717, 1.165) is 39.3 Å². The smallest absolute Gasteiger partial charge is 0.143 e. The van der Waals surface area contributed by atoms with Crippen LogP contribution in [0.4, 0.5) is 11.5 Å². The Balaban J connectivity index is 1.43. The van der Waals surface area contributed by atoms with Crippen molar-refractivity contribution in [2.75, 3.05) is 5.32 Å². The van der Waals surface area contributed by atoms with Gasteiger partial charge >= 0.3 is 0 Å². The van der Waals surface area contributed by atoms with E-state index < -0.39 is 0 Å². The predicted molar refractivity (Wildman–Crippen MR) is 97.0 cm³/mol. The lowest BCUT2D eigenvalue weighted by atomic mass is 9.98. The van der Waals surface area contributed by atoms with Crippen molar-refractivity contribution in [3.8, 4) is 5.75 Å². The van der Waals surface area contributed by atoms with Gasteiger partial charge in [-0.2, -0.15) is 0 Å². The number of fused-ring (bicyclic) bond motifs is 3. The number of nitrogens with zero attached hydrogens (tertiary/aromatic N) is 2. The van der Waals surface area contributed by atoms with Crippen LogP contribution in [-0.2, 0) is 0 Å². The van der Waals surface area contributed by atoms with Crippen molar-refractivity contribution in [1.29, 1.82) is 0 Å². The molecule has 2 fully saturated rings. The number of nitrogens with one attached hydrogen (secondary N) is 1. The monoisotopic (exact) mass is 337 g/mol. The molecule has 0 amide bonds. The molecule has 24 heavy (non-hydrogen) atoms. The zero-order valence-corrected chi connectivity index (χ0v) is 14.1. The average molecular weight is 337 g/mol. The highest BCUT2D eigenvalue weighted by molar-refractivity contribution is 7.16. The minimum Gasteiger partial charge on any atom is -0.488 e. The molecule has 122 valence electrons. The van der Waals surface area contributed by atoms with Gasteiger partial charge in [-0.25, -0.2) is 9.97 Å². The first kappa shape index (κ1) is 14.2. The molecule has 0 spiro atoms. The van der Waals surface area contributed by atoms with E-state index in [-0.39, 0.29) is 0 Å². The summed E-state index contributed by atoms with van der Waals surface area (Å²) in [5.74, 6) is 3.39. The summed E-state index contributed by atoms with van der Waals surface area (Å²) in [5.41, 5.74) is 0.978. The zero-order valence-electron chi connectivity index (χ0n) is 13.3. The summed E-state index contributed by atoms with van der Waals surface area (Å²) >= 11 is 1.63. The fourth-order valence-corrected chi connectivity index (χ4v) is 4.92. The molecule has 2 aliphatic rings. The minimum absolute atomic E-state index is 0.373. The maximum atomic E-state index is 6.40. The molecular weight excluding hydrogens is 318 g/mol. The minimum atomic E-state index is 0.373. The highest BCUT2D eigenvalue weighted by atomic mass is 32.1. The molecule has 1 aromatic carbocycles. The predicted octanol–water partition coefficient (Wildman–Crippen LogP) is 5.00. The van der Waals surface area contributed by atoms with Crippen LogP contribution in [0.5, 0.6) is 5.75 Å². The second-order valence-electron chi connectivity index (χ2n) is 6.81. The van der Waals surface area contributed by atoms with E-state index in [2.05, 4.69) is 33.5 Å². The Morgan fingerprint density at radius 2 is 2.04 bits per heavy atom. The number of aromatic nitrogens is 2. The molecule has 3 atom stereocenters. The van der Waals surface area contributed by atoms with E-state index in [0.29, 0.717) is 6.10 Å². The molecule has 2 bridgehead atoms. The van der Waals surface area contributed by atoms with E-state index in [1.165, 1.54) is 25.7 Å². The molecular formula is C19H19N3OS. The van der Waals surface area contributed by atoms with Crippen LogP contribution in [0.2, 0.25) is 0 Å². The van der Waals surface area contributed by atoms with E-state index in [4.69, 9.17) is 4.74 Å². The van der Waals surface area contributed by atoms with E-state index >= 15 is 0 Å². The molecule has 2 saturated carbocycles. The largest absolute Gasteiger partial charge is 0.488 e. The fraction of sp³-hybridized carbons (Fsp3) is 0.368. The highest BCUT2D eigenvalue weighted by Gasteiger charge is 2.41. The number of anilines is 2. The van der Waals surface area contributed by atoms with Crippen LogP contribution in [0.15, 0.2) is 42.0 Å². The summed E-state index contributed by atoms with van der Waals surface area (Å²) in [6, 6.07) is 10.2. The summed E-state index contributed by atoms with van der Waals surface area (Å²) in [4.78, 5) is 9.72. The van der Waals surface area contributed by atoms with Gasteiger partial charge in [-0.15, -0.1) is 11.3 Å². The first-order valence-electron chi connectivity index (χ1n) is 8.58. The Hall–Kier alpha value is -2.14. The van der Waals surface area contributed by atoms with Crippen molar-refractivity contribution in [1.82, 2.24) is 9.97 Å². The number of hydrogen-bond donors (Lipinski definition) is 1. The lowest BCUT2D eigenvalue weighted by molar-refractivity contribution is 0.139. The van der Waals surface area contributed by atoms with Gasteiger partial charge in [0.2, 0.25) is 0 Å². The number of para-hydroxylation sites is 2. The number of benzene rings is 1. The molecule has 3 unspecified atom stereocenters. The molecule has 5 heteroatoms. The van der Waals surface area contributed by atoms with Crippen molar-refractivity contribution >= 4 is 33.1 Å². The van der Waals surface area contributed by atoms with Crippen LogP contribution < -0.4 is 10.1 Å². The Morgan fingerprint density at radius 3 is 2.92 bits per heavy atom. The maximum Gasteiger partial charge on any atom is 0.143 e. The molecule has 2 aromatic heterocycles. The standard InChI is InChI=1S/C19H19N3OS/c1-2-4-16(23-17-10-12-5-6-13(17)9-12)15(3-1)22-18-14-7-8-24-19(14)21-11-20-18/h1-4,7-8,11-13,17H,5-6,9-10H2,(H,20,21,22). The summed E-state index contributed by atoms with van der Waals surface area (Å²) in [5, 5.41) is 6.55. The molecule has 0 saturated heterocycles. The van der Waals surface area contributed by atoms with E-state index in [9.17, 15) is 0 Å². The first-order chi connectivity index (χ1) is 11.9. The molecule has 5 rings (SSSR count). The molecule has 4 nitrogen and oxygen atoms in total. The first-order valence-corrected chi connectivity index (χ1v) is 9.46. The van der Waals surface area contributed by atoms with E-state index in [1.807, 2.05) is 17.5 Å². The van der Waals surface area contributed by atoms with Crippen molar-refractivity contribution in [2.45, 2.75) is 31.8 Å². The number of thiophene rings is 1. The molecule has 1 N–H and O–H groups in total. The lowest BCUT2D eigenvalue weighted by Crippen LogP contribution is -2.23. The Bertz CT molecular complexity index is 878. The summed E-state index contributed by atoms with van der Waals surface area (Å²) in [6.45, 7) is 0. The number of ether oxygens (including phenoxy) is 1. The third kappa shape index (κ3) is 2.44. The van der Waals surface area contributed by atoms with Gasteiger partial charge in [-0.3, -0.25) is 0 Å². The second kappa shape index (κ2) is 5.74. The van der Waals surface area contributed by atoms with Crippen molar-refractivity contribution in [3.63, 3.8) is 0 Å². The molecule has 3 aromatic rings. The maximum absolute atomic E-state index is 6.40. The van der Waals surface area contributed by atoms with E-state index in [1.54, 1.807) is 17.7 Å². The van der Waals surface area contributed by atoms with Crippen LogP contribution in [0.3, 0.4) is 0 Å². The number of rotatable bonds is 4. The summed E-state index contributed by atoms with van der Waals surface area (Å²) in [6.07, 6.45) is 7.26. The van der Waals surface area contributed by atoms with Crippen molar-refractivity contribution < 1.29 is 4.74 Å². The average Bonchev–Trinajstić information content (AvgIpc) is 3.33. The van der Waals surface area contributed by atoms with Crippen LogP contribution in [0.1, 0.15) is 25.7 Å². The quantitative estimate of drug-likeness (QED) is 0.727. The third-order valence-electron chi connectivity index (χ3n) is 5.35. The molecule has 0 radical (unpaired) electrons. The zero-order chi connectivity index (χ0) is 15.9. The Kier molecular flexibility index (Phi) is 3.40. The van der Waals surface area contributed by atoms with Gasteiger partial charge in [-0.1, -0.05) is 12.1 Å². The normalized spacial score (nSPS) is 25.2. The third-order valence-corrected chi connectivity index (χ3v) is 6.17. The highest BCUT2D eigenvalue weighted by Crippen LogP contribution is 2.46. The molecule has 2 heterocycles. The van der Waals surface area contributed by atoms with Gasteiger partial charge in [0, 0.05) is 0 Å². The fourth-order valence-electron chi connectivity index (χ4n) is 4.18. The van der Waals surface area contributed by atoms with Crippen LogP contribution in [-0.4, -0.2) is 16.1 Å². The Labute approximate surface area is 144 Å². The second-order valence-corrected chi connectivity index (χ2v) is 7.71.